The number of anilines is 1. The summed E-state index contributed by atoms with van der Waals surface area (Å²) in [5, 5.41) is 3.59. The Hall–Kier alpha value is -4.01. The van der Waals surface area contributed by atoms with Crippen molar-refractivity contribution in [2.45, 2.75) is 38.5 Å². The fourth-order valence-electron chi connectivity index (χ4n) is 6.87. The molecule has 0 bridgehead atoms. The average molecular weight is 695 g/mol. The lowest BCUT2D eigenvalue weighted by molar-refractivity contribution is -0.115. The topological polar surface area (TPSA) is 63.2 Å². The number of carbonyl (C=O) groups is 1. The highest BCUT2D eigenvalue weighted by Crippen LogP contribution is 2.50. The number of hydrogen-bond acceptors (Lipinski definition) is 6. The maximum Gasteiger partial charge on any atom is 0.264 e. The van der Waals surface area contributed by atoms with Gasteiger partial charge in [-0.05, 0) is 113 Å². The molecule has 1 fully saturated rings. The number of ether oxygens (including phenoxy) is 2. The van der Waals surface area contributed by atoms with Crippen molar-refractivity contribution < 1.29 is 14.3 Å². The van der Waals surface area contributed by atoms with E-state index in [1.165, 1.54) is 39.7 Å². The number of thioether (sulfide) groups is 1. The summed E-state index contributed by atoms with van der Waals surface area (Å²) >= 11 is 4.98. The molecule has 234 valence electrons. The number of halogens is 1. The van der Waals surface area contributed by atoms with E-state index in [4.69, 9.17) is 14.5 Å². The molecule has 0 unspecified atom stereocenters. The second-order valence-electron chi connectivity index (χ2n) is 11.6. The molecule has 0 aromatic heterocycles. The van der Waals surface area contributed by atoms with Gasteiger partial charge in [-0.1, -0.05) is 60.7 Å². The summed E-state index contributed by atoms with van der Waals surface area (Å²) in [6.45, 7) is 7.00. The third-order valence-electron chi connectivity index (χ3n) is 8.80. The highest BCUT2D eigenvalue weighted by Gasteiger charge is 2.35. The summed E-state index contributed by atoms with van der Waals surface area (Å²) in [5.41, 5.74) is 8.37. The number of amides is 1. The van der Waals surface area contributed by atoms with Gasteiger partial charge in [-0.15, -0.1) is 0 Å². The lowest BCUT2D eigenvalue weighted by atomic mass is 9.76. The third-order valence-corrected chi connectivity index (χ3v) is 10.3. The molecule has 3 aliphatic rings. The van der Waals surface area contributed by atoms with Crippen molar-refractivity contribution >= 4 is 56.2 Å². The zero-order valence-electron chi connectivity index (χ0n) is 26.0. The van der Waals surface area contributed by atoms with E-state index in [-0.39, 0.29) is 5.91 Å². The Morgan fingerprint density at radius 3 is 2.09 bits per heavy atom. The molecule has 4 aromatic carbocycles. The number of nitrogens with one attached hydrogen (secondary N) is 1. The maximum absolute atomic E-state index is 13.2. The van der Waals surface area contributed by atoms with Crippen LogP contribution in [0.3, 0.4) is 0 Å². The Bertz CT molecular complexity index is 1750. The second-order valence-corrected chi connectivity index (χ2v) is 13.5. The van der Waals surface area contributed by atoms with Crippen LogP contribution < -0.4 is 19.7 Å². The monoisotopic (exact) mass is 693 g/mol. The molecule has 3 heterocycles. The Labute approximate surface area is 283 Å². The van der Waals surface area contributed by atoms with Gasteiger partial charge in [-0.3, -0.25) is 4.79 Å². The van der Waals surface area contributed by atoms with Crippen molar-refractivity contribution in [1.29, 1.82) is 0 Å². The first-order valence-corrected chi connectivity index (χ1v) is 17.5. The summed E-state index contributed by atoms with van der Waals surface area (Å²) in [4.78, 5) is 21.4. The van der Waals surface area contributed by atoms with Crippen LogP contribution in [-0.2, 0) is 4.79 Å². The van der Waals surface area contributed by atoms with E-state index in [0.717, 1.165) is 41.7 Å². The molecule has 1 saturated heterocycles. The van der Waals surface area contributed by atoms with Crippen LogP contribution in [0.4, 0.5) is 11.4 Å². The van der Waals surface area contributed by atoms with Gasteiger partial charge in [-0.2, -0.15) is 0 Å². The average Bonchev–Trinajstić information content (AvgIpc) is 3.41. The summed E-state index contributed by atoms with van der Waals surface area (Å²) in [6.07, 6.45) is 4.00. The second kappa shape index (κ2) is 13.4. The summed E-state index contributed by atoms with van der Waals surface area (Å²) in [7, 11) is 0. The van der Waals surface area contributed by atoms with Crippen LogP contribution in [0.15, 0.2) is 99.3 Å². The lowest BCUT2D eigenvalue weighted by Gasteiger charge is -2.43. The van der Waals surface area contributed by atoms with Crippen molar-refractivity contribution in [3.05, 3.63) is 122 Å². The lowest BCUT2D eigenvalue weighted by Crippen LogP contribution is -2.37. The highest BCUT2D eigenvalue weighted by molar-refractivity contribution is 9.10. The molecule has 4 aromatic rings. The molecule has 6 nitrogen and oxygen atoms in total. The van der Waals surface area contributed by atoms with Gasteiger partial charge >= 0.3 is 0 Å². The van der Waals surface area contributed by atoms with E-state index in [2.05, 4.69) is 98.9 Å². The molecule has 7 rings (SSSR count). The van der Waals surface area contributed by atoms with Crippen molar-refractivity contribution in [3.63, 3.8) is 0 Å². The normalized spacial score (nSPS) is 20.5. The first kappa shape index (κ1) is 30.6. The molecule has 8 heteroatoms. The number of carbonyl (C=O) groups excluding carboxylic acids is 1. The van der Waals surface area contributed by atoms with Crippen LogP contribution >= 0.6 is 27.7 Å². The Morgan fingerprint density at radius 1 is 0.891 bits per heavy atom. The van der Waals surface area contributed by atoms with Crippen molar-refractivity contribution in [2.75, 3.05) is 31.2 Å². The summed E-state index contributed by atoms with van der Waals surface area (Å²) in [6, 6.07) is 30.0. The van der Waals surface area contributed by atoms with Gasteiger partial charge in [0.25, 0.3) is 5.91 Å². The number of hydrogen-bond donors (Lipinski definition) is 1. The molecule has 0 spiro atoms. The first-order valence-electron chi connectivity index (χ1n) is 15.9. The Morgan fingerprint density at radius 2 is 1.50 bits per heavy atom. The smallest absolute Gasteiger partial charge is 0.264 e. The van der Waals surface area contributed by atoms with Gasteiger partial charge < -0.3 is 19.7 Å². The molecule has 0 saturated carbocycles. The molecule has 2 atom stereocenters. The van der Waals surface area contributed by atoms with Gasteiger partial charge in [0.2, 0.25) is 0 Å². The van der Waals surface area contributed by atoms with Crippen LogP contribution in [0.2, 0.25) is 0 Å². The number of benzene rings is 4. The van der Waals surface area contributed by atoms with E-state index in [1.54, 1.807) is 0 Å². The number of aliphatic imine (C=N–C) groups is 1. The number of nitrogens with zero attached hydrogens (tertiary/aromatic N) is 2. The van der Waals surface area contributed by atoms with Gasteiger partial charge in [-0.25, -0.2) is 4.99 Å². The zero-order chi connectivity index (χ0) is 31.6. The maximum atomic E-state index is 13.2. The largest absolute Gasteiger partial charge is 0.490 e. The van der Waals surface area contributed by atoms with Crippen LogP contribution in [-0.4, -0.2) is 37.4 Å². The van der Waals surface area contributed by atoms with Crippen molar-refractivity contribution in [3.8, 4) is 11.5 Å². The zero-order valence-corrected chi connectivity index (χ0v) is 28.4. The van der Waals surface area contributed by atoms with Crippen LogP contribution in [0.5, 0.6) is 11.5 Å². The first-order chi connectivity index (χ1) is 22.5. The van der Waals surface area contributed by atoms with Crippen LogP contribution in [0.25, 0.3) is 6.08 Å². The molecular weight excluding hydrogens is 658 g/mol. The summed E-state index contributed by atoms with van der Waals surface area (Å²) < 4.78 is 12.4. The van der Waals surface area contributed by atoms with E-state index < -0.39 is 0 Å². The van der Waals surface area contributed by atoms with Gasteiger partial charge in [0.1, 0.15) is 0 Å². The molecule has 46 heavy (non-hydrogen) atoms. The number of rotatable bonds is 8. The SMILES string of the molecule is CCOc1cc(/C=C2\SC(=Nc3cc4c5c(c3)[C@H](c3ccccc3)CCN5CC[C@@H]4c3ccccc3)NC2=O)cc(Br)c1OCC. The fraction of sp³-hybridized carbons (Fsp3) is 0.263. The van der Waals surface area contributed by atoms with Gasteiger partial charge in [0.05, 0.1) is 28.3 Å². The van der Waals surface area contributed by atoms with Gasteiger partial charge in [0.15, 0.2) is 16.7 Å². The van der Waals surface area contributed by atoms with Gasteiger partial charge in [0, 0.05) is 30.6 Å². The molecule has 1 N–H and O–H groups in total. The molecule has 0 radical (unpaired) electrons. The predicted octanol–water partition coefficient (Wildman–Crippen LogP) is 9.02. The highest BCUT2D eigenvalue weighted by atomic mass is 79.9. The third kappa shape index (κ3) is 6.08. The van der Waals surface area contributed by atoms with Crippen molar-refractivity contribution in [2.24, 2.45) is 4.99 Å². The summed E-state index contributed by atoms with van der Waals surface area (Å²) in [5.74, 6) is 1.72. The molecule has 1 amide bonds. The Balaban J connectivity index is 1.27. The van der Waals surface area contributed by atoms with Crippen molar-refractivity contribution in [1.82, 2.24) is 5.32 Å². The van der Waals surface area contributed by atoms with E-state index in [0.29, 0.717) is 46.6 Å². The minimum atomic E-state index is -0.165. The quantitative estimate of drug-likeness (QED) is 0.187. The minimum absolute atomic E-state index is 0.165. The Kier molecular flexibility index (Phi) is 8.91. The van der Waals surface area contributed by atoms with E-state index in [1.807, 2.05) is 32.1 Å². The molecular formula is C38H36BrN3O3S. The predicted molar refractivity (Wildman–Crippen MR) is 192 cm³/mol. The molecule has 3 aliphatic heterocycles. The minimum Gasteiger partial charge on any atom is -0.490 e. The standard InChI is InChI=1S/C38H36BrN3O3S/c1-3-44-33-20-24(19-32(39)36(33)45-4-2)21-34-37(43)41-38(46-34)40-27-22-30-28(25-11-7-5-8-12-25)15-17-42-18-16-29(31(23-27)35(30)42)26-13-9-6-10-14-26/h5-14,19-23,28-29H,3-4,15-18H2,1-2H3,(H,40,41,43)/b34-21-/t28-,29+. The molecule has 0 aliphatic carbocycles. The van der Waals surface area contributed by atoms with E-state index in [9.17, 15) is 4.79 Å². The number of amidine groups is 1. The fourth-order valence-corrected chi connectivity index (χ4v) is 8.29. The van der Waals surface area contributed by atoms with E-state index >= 15 is 0 Å². The van der Waals surface area contributed by atoms with Crippen LogP contribution in [0.1, 0.15) is 66.3 Å². The van der Waals surface area contributed by atoms with Crippen LogP contribution in [0, 0.1) is 0 Å².